The van der Waals surface area contributed by atoms with E-state index >= 15 is 0 Å². The highest BCUT2D eigenvalue weighted by Gasteiger charge is 2.49. The smallest absolute Gasteiger partial charge is 0.429 e. The van der Waals surface area contributed by atoms with Crippen molar-refractivity contribution in [2.75, 3.05) is 6.61 Å². The molecule has 0 aromatic heterocycles. The fraction of sp³-hybridized carbons (Fsp3) is 0.379. The van der Waals surface area contributed by atoms with Crippen molar-refractivity contribution in [3.63, 3.8) is 0 Å². The van der Waals surface area contributed by atoms with Crippen LogP contribution in [0.4, 0.5) is 52.7 Å². The molecule has 0 bridgehead atoms. The fourth-order valence-corrected chi connectivity index (χ4v) is 4.95. The Kier molecular flexibility index (Phi) is 9.50. The molecule has 15 heteroatoms. The molecule has 0 spiro atoms. The van der Waals surface area contributed by atoms with E-state index in [1.165, 1.54) is 6.07 Å². The van der Waals surface area contributed by atoms with E-state index < -0.39 is 81.8 Å². The second-order valence-electron chi connectivity index (χ2n) is 10.1. The highest BCUT2D eigenvalue weighted by atomic mass is 19.4. The standard InChI is InChI=1S/C29H22F12O3/c1-2-3-14-4-7-24(42-13-14)15-5-6-18(19(30)8-15)27(35,36)43-17-11-20(31)25(21(32)12-17)16-9-22(33)26(23(34)10-16)28(37,38)44-29(39,40)41/h5-6,8-12,14,24H,2-4,7,13H2,1H3. The summed E-state index contributed by atoms with van der Waals surface area (Å²) in [5.74, 6) is -10.6. The van der Waals surface area contributed by atoms with Crippen LogP contribution >= 0.6 is 0 Å². The summed E-state index contributed by atoms with van der Waals surface area (Å²) in [5.41, 5.74) is -5.93. The van der Waals surface area contributed by atoms with Gasteiger partial charge in [-0.3, -0.25) is 0 Å². The lowest BCUT2D eigenvalue weighted by Gasteiger charge is -2.29. The van der Waals surface area contributed by atoms with Crippen LogP contribution in [0.1, 0.15) is 55.4 Å². The number of hydrogen-bond donors (Lipinski definition) is 0. The molecule has 1 fully saturated rings. The highest BCUT2D eigenvalue weighted by Crippen LogP contribution is 2.42. The van der Waals surface area contributed by atoms with Gasteiger partial charge in [-0.15, -0.1) is 13.2 Å². The van der Waals surface area contributed by atoms with E-state index in [9.17, 15) is 52.7 Å². The van der Waals surface area contributed by atoms with Crippen LogP contribution in [0.3, 0.4) is 0 Å². The van der Waals surface area contributed by atoms with Crippen molar-refractivity contribution >= 4 is 0 Å². The van der Waals surface area contributed by atoms with Crippen LogP contribution in [-0.4, -0.2) is 13.0 Å². The van der Waals surface area contributed by atoms with Gasteiger partial charge in [-0.05, 0) is 60.6 Å². The van der Waals surface area contributed by atoms with Crippen molar-refractivity contribution in [1.82, 2.24) is 0 Å². The van der Waals surface area contributed by atoms with Crippen LogP contribution in [-0.2, 0) is 21.7 Å². The van der Waals surface area contributed by atoms with Gasteiger partial charge >= 0.3 is 18.6 Å². The van der Waals surface area contributed by atoms with Gasteiger partial charge < -0.3 is 9.47 Å². The topological polar surface area (TPSA) is 27.7 Å². The van der Waals surface area contributed by atoms with Crippen molar-refractivity contribution < 1.29 is 66.9 Å². The monoisotopic (exact) mass is 646 g/mol. The first-order valence-electron chi connectivity index (χ1n) is 13.0. The molecule has 3 nitrogen and oxygen atoms in total. The Morgan fingerprint density at radius 3 is 1.86 bits per heavy atom. The Bertz CT molecular complexity index is 1450. The van der Waals surface area contributed by atoms with Crippen LogP contribution in [0.2, 0.25) is 0 Å². The molecule has 4 rings (SSSR count). The number of benzene rings is 3. The lowest BCUT2D eigenvalue weighted by molar-refractivity contribution is -0.432. The molecule has 2 atom stereocenters. The van der Waals surface area contributed by atoms with Crippen molar-refractivity contribution in [1.29, 1.82) is 0 Å². The molecule has 3 aromatic carbocycles. The minimum absolute atomic E-state index is 0.112. The summed E-state index contributed by atoms with van der Waals surface area (Å²) in [4.78, 5) is 0. The van der Waals surface area contributed by atoms with Crippen molar-refractivity contribution in [2.24, 2.45) is 5.92 Å². The number of hydrogen-bond acceptors (Lipinski definition) is 3. The number of ether oxygens (including phenoxy) is 3. The third-order valence-electron chi connectivity index (χ3n) is 6.87. The number of halogens is 12. The Hall–Kier alpha value is -3.46. The van der Waals surface area contributed by atoms with E-state index in [0.717, 1.165) is 31.4 Å². The molecule has 44 heavy (non-hydrogen) atoms. The van der Waals surface area contributed by atoms with Crippen LogP contribution in [0, 0.1) is 35.0 Å². The predicted octanol–water partition coefficient (Wildman–Crippen LogP) is 10.0. The second-order valence-corrected chi connectivity index (χ2v) is 10.1. The molecule has 0 aliphatic carbocycles. The molecule has 1 saturated heterocycles. The van der Waals surface area contributed by atoms with E-state index in [1.54, 1.807) is 0 Å². The van der Waals surface area contributed by atoms with E-state index in [4.69, 9.17) is 4.74 Å². The van der Waals surface area contributed by atoms with Crippen LogP contribution in [0.15, 0.2) is 42.5 Å². The van der Waals surface area contributed by atoms with Crippen molar-refractivity contribution in [3.8, 4) is 16.9 Å². The van der Waals surface area contributed by atoms with Crippen LogP contribution in [0.5, 0.6) is 5.75 Å². The second kappa shape index (κ2) is 12.5. The molecule has 0 N–H and O–H groups in total. The fourth-order valence-electron chi connectivity index (χ4n) is 4.95. The van der Waals surface area contributed by atoms with E-state index in [1.807, 2.05) is 6.92 Å². The summed E-state index contributed by atoms with van der Waals surface area (Å²) in [6.45, 7) is 2.45. The molecule has 3 aromatic rings. The minimum atomic E-state index is -6.01. The van der Waals surface area contributed by atoms with Gasteiger partial charge in [-0.25, -0.2) is 26.7 Å². The lowest BCUT2D eigenvalue weighted by atomic mass is 9.91. The van der Waals surface area contributed by atoms with Gasteiger partial charge in [0, 0.05) is 12.1 Å². The zero-order valence-electron chi connectivity index (χ0n) is 22.5. The number of alkyl halides is 7. The summed E-state index contributed by atoms with van der Waals surface area (Å²) < 4.78 is 179. The van der Waals surface area contributed by atoms with Crippen LogP contribution < -0.4 is 4.74 Å². The molecule has 1 aliphatic rings. The first-order chi connectivity index (χ1) is 20.4. The zero-order valence-corrected chi connectivity index (χ0v) is 22.5. The molecule has 1 heterocycles. The van der Waals surface area contributed by atoms with Gasteiger partial charge in [0.05, 0.1) is 23.8 Å². The summed E-state index contributed by atoms with van der Waals surface area (Å²) in [5, 5.41) is 0. The Balaban J connectivity index is 1.56. The first kappa shape index (κ1) is 33.4. The Morgan fingerprint density at radius 2 is 1.36 bits per heavy atom. The summed E-state index contributed by atoms with van der Waals surface area (Å²) in [6, 6.07) is 2.81. The van der Waals surface area contributed by atoms with Gasteiger partial charge in [0.15, 0.2) is 0 Å². The van der Waals surface area contributed by atoms with E-state index in [2.05, 4.69) is 9.47 Å². The largest absolute Gasteiger partial charge is 0.527 e. The molecule has 2 unspecified atom stereocenters. The SMILES string of the molecule is CCCC1CCC(c2ccc(C(F)(F)Oc3cc(F)c(-c4cc(F)c(C(F)(F)OC(F)(F)F)c(F)c4)c(F)c3)c(F)c2)OC1. The third-order valence-corrected chi connectivity index (χ3v) is 6.87. The predicted molar refractivity (Wildman–Crippen MR) is 130 cm³/mol. The maximum atomic E-state index is 14.9. The van der Waals surface area contributed by atoms with Gasteiger partial charge in [0.2, 0.25) is 0 Å². The number of rotatable bonds is 9. The molecule has 0 amide bonds. The average Bonchev–Trinajstić information content (AvgIpc) is 2.86. The minimum Gasteiger partial charge on any atom is -0.429 e. The molecule has 1 aliphatic heterocycles. The quantitative estimate of drug-likeness (QED) is 0.217. The summed E-state index contributed by atoms with van der Waals surface area (Å²) in [7, 11) is 0. The molecular weight excluding hydrogens is 624 g/mol. The zero-order chi connectivity index (χ0) is 32.6. The maximum Gasteiger partial charge on any atom is 0.527 e. The van der Waals surface area contributed by atoms with Crippen molar-refractivity contribution in [3.05, 3.63) is 88.2 Å². The van der Waals surface area contributed by atoms with Gasteiger partial charge in [-0.2, -0.15) is 17.6 Å². The summed E-state index contributed by atoms with van der Waals surface area (Å²) in [6.07, 6.45) is -13.3. The normalized spacial score (nSPS) is 18.0. The average molecular weight is 646 g/mol. The first-order valence-corrected chi connectivity index (χ1v) is 13.0. The van der Waals surface area contributed by atoms with Crippen molar-refractivity contribution in [2.45, 2.75) is 57.3 Å². The maximum absolute atomic E-state index is 14.9. The lowest BCUT2D eigenvalue weighted by Crippen LogP contribution is -2.29. The molecule has 0 saturated carbocycles. The Labute approximate surface area is 242 Å². The highest BCUT2D eigenvalue weighted by molar-refractivity contribution is 5.66. The van der Waals surface area contributed by atoms with Gasteiger partial charge in [0.25, 0.3) is 0 Å². The molecular formula is C29H22F12O3. The van der Waals surface area contributed by atoms with E-state index in [0.29, 0.717) is 24.5 Å². The van der Waals surface area contributed by atoms with E-state index in [-0.39, 0.29) is 24.3 Å². The summed E-state index contributed by atoms with van der Waals surface area (Å²) >= 11 is 0. The van der Waals surface area contributed by atoms with Gasteiger partial charge in [0.1, 0.15) is 40.4 Å². The van der Waals surface area contributed by atoms with Gasteiger partial charge in [-0.1, -0.05) is 19.4 Å². The molecule has 0 radical (unpaired) electrons. The Morgan fingerprint density at radius 1 is 0.750 bits per heavy atom. The molecule has 240 valence electrons. The third kappa shape index (κ3) is 7.42. The van der Waals surface area contributed by atoms with Crippen LogP contribution in [0.25, 0.3) is 11.1 Å².